The lowest BCUT2D eigenvalue weighted by atomic mass is 10.0. The van der Waals surface area contributed by atoms with E-state index < -0.39 is 23.8 Å². The fourth-order valence-electron chi connectivity index (χ4n) is 2.91. The molecule has 0 saturated carbocycles. The Bertz CT molecular complexity index is 538. The molecule has 3 heterocycles. The van der Waals surface area contributed by atoms with Gasteiger partial charge in [0.2, 0.25) is 5.91 Å². The van der Waals surface area contributed by atoms with Gasteiger partial charge in [0.25, 0.3) is 17.7 Å². The predicted molar refractivity (Wildman–Crippen MR) is 66.9 cm³/mol. The maximum atomic E-state index is 12.3. The number of piperidine rings is 1. The SMILES string of the molecule is CN1C(=O)CCC(N2C(=O)C3=C(NCCC3)C2=O)C1=O. The van der Waals surface area contributed by atoms with Crippen LogP contribution in [0.15, 0.2) is 11.3 Å². The molecule has 0 bridgehead atoms. The predicted octanol–water partition coefficient (Wildman–Crippen LogP) is -0.860. The Morgan fingerprint density at radius 3 is 2.55 bits per heavy atom. The molecule has 0 aromatic heterocycles. The van der Waals surface area contributed by atoms with E-state index in [1.165, 1.54) is 7.05 Å². The fourth-order valence-corrected chi connectivity index (χ4v) is 2.91. The molecule has 106 valence electrons. The third-order valence-electron chi connectivity index (χ3n) is 4.05. The maximum Gasteiger partial charge on any atom is 0.278 e. The van der Waals surface area contributed by atoms with E-state index in [-0.39, 0.29) is 18.7 Å². The number of hydrogen-bond donors (Lipinski definition) is 1. The summed E-state index contributed by atoms with van der Waals surface area (Å²) in [5.74, 6) is -1.59. The third kappa shape index (κ3) is 1.65. The molecule has 1 fully saturated rings. The van der Waals surface area contributed by atoms with E-state index in [1.54, 1.807) is 0 Å². The monoisotopic (exact) mass is 277 g/mol. The number of rotatable bonds is 1. The van der Waals surface area contributed by atoms with E-state index in [9.17, 15) is 19.2 Å². The van der Waals surface area contributed by atoms with Gasteiger partial charge < -0.3 is 5.32 Å². The van der Waals surface area contributed by atoms with E-state index in [2.05, 4.69) is 5.32 Å². The van der Waals surface area contributed by atoms with Gasteiger partial charge >= 0.3 is 0 Å². The van der Waals surface area contributed by atoms with Gasteiger partial charge in [-0.3, -0.25) is 29.0 Å². The van der Waals surface area contributed by atoms with Crippen molar-refractivity contribution in [3.63, 3.8) is 0 Å². The van der Waals surface area contributed by atoms with Crippen molar-refractivity contribution < 1.29 is 19.2 Å². The summed E-state index contributed by atoms with van der Waals surface area (Å²) in [4.78, 5) is 50.3. The van der Waals surface area contributed by atoms with Crippen LogP contribution in [-0.2, 0) is 19.2 Å². The molecule has 0 aromatic rings. The third-order valence-corrected chi connectivity index (χ3v) is 4.05. The Morgan fingerprint density at radius 2 is 1.85 bits per heavy atom. The van der Waals surface area contributed by atoms with Gasteiger partial charge in [0, 0.05) is 25.6 Å². The molecule has 1 atom stereocenters. The summed E-state index contributed by atoms with van der Waals surface area (Å²) in [5, 5.41) is 2.94. The first kappa shape index (κ1) is 12.8. The number of nitrogens with one attached hydrogen (secondary N) is 1. The molecule has 3 aliphatic heterocycles. The minimum atomic E-state index is -0.856. The smallest absolute Gasteiger partial charge is 0.278 e. The Hall–Kier alpha value is -2.18. The molecular formula is C13H15N3O4. The number of nitrogens with zero attached hydrogens (tertiary/aromatic N) is 2. The molecule has 0 aromatic carbocycles. The number of imide groups is 2. The average Bonchev–Trinajstić information content (AvgIpc) is 2.70. The molecule has 1 unspecified atom stereocenters. The summed E-state index contributed by atoms with van der Waals surface area (Å²) in [7, 11) is 1.38. The Labute approximate surface area is 115 Å². The molecule has 0 aliphatic carbocycles. The number of amides is 4. The minimum absolute atomic E-state index is 0.169. The average molecular weight is 277 g/mol. The normalized spacial score (nSPS) is 27.1. The molecule has 4 amide bonds. The van der Waals surface area contributed by atoms with Crippen LogP contribution in [0, 0.1) is 0 Å². The van der Waals surface area contributed by atoms with Crippen LogP contribution in [0.5, 0.6) is 0 Å². The molecule has 1 N–H and O–H groups in total. The van der Waals surface area contributed by atoms with Gasteiger partial charge in [-0.25, -0.2) is 0 Å². The van der Waals surface area contributed by atoms with Crippen LogP contribution >= 0.6 is 0 Å². The van der Waals surface area contributed by atoms with E-state index in [1.807, 2.05) is 0 Å². The fraction of sp³-hybridized carbons (Fsp3) is 0.538. The van der Waals surface area contributed by atoms with Gasteiger partial charge in [0.15, 0.2) is 0 Å². The van der Waals surface area contributed by atoms with Gasteiger partial charge in [-0.2, -0.15) is 0 Å². The molecule has 0 radical (unpaired) electrons. The zero-order valence-electron chi connectivity index (χ0n) is 11.1. The zero-order valence-corrected chi connectivity index (χ0v) is 11.1. The van der Waals surface area contributed by atoms with Crippen molar-refractivity contribution in [2.75, 3.05) is 13.6 Å². The van der Waals surface area contributed by atoms with E-state index >= 15 is 0 Å². The number of likely N-dealkylation sites (N-methyl/N-ethyl adjacent to an activating group) is 1. The molecule has 0 spiro atoms. The van der Waals surface area contributed by atoms with Crippen LogP contribution in [0.3, 0.4) is 0 Å². The van der Waals surface area contributed by atoms with Gasteiger partial charge in [-0.15, -0.1) is 0 Å². The summed E-state index contributed by atoms with van der Waals surface area (Å²) in [6.07, 6.45) is 1.73. The lowest BCUT2D eigenvalue weighted by Gasteiger charge is -2.32. The lowest BCUT2D eigenvalue weighted by Crippen LogP contribution is -2.55. The van der Waals surface area contributed by atoms with Crippen molar-refractivity contribution in [1.82, 2.24) is 15.1 Å². The first-order valence-electron chi connectivity index (χ1n) is 6.67. The number of hydrogen-bond acceptors (Lipinski definition) is 5. The molecule has 3 rings (SSSR count). The van der Waals surface area contributed by atoms with Crippen LogP contribution in [0.4, 0.5) is 0 Å². The van der Waals surface area contributed by atoms with Crippen LogP contribution in [-0.4, -0.2) is 53.1 Å². The van der Waals surface area contributed by atoms with Crippen molar-refractivity contribution in [2.45, 2.75) is 31.7 Å². The van der Waals surface area contributed by atoms with Gasteiger partial charge in [-0.1, -0.05) is 0 Å². The summed E-state index contributed by atoms with van der Waals surface area (Å²) in [5.41, 5.74) is 0.794. The van der Waals surface area contributed by atoms with Gasteiger partial charge in [-0.05, 0) is 19.3 Å². The molecule has 1 saturated heterocycles. The lowest BCUT2D eigenvalue weighted by molar-refractivity contribution is -0.158. The second-order valence-electron chi connectivity index (χ2n) is 5.21. The van der Waals surface area contributed by atoms with Gasteiger partial charge in [0.05, 0.1) is 0 Å². The van der Waals surface area contributed by atoms with Crippen molar-refractivity contribution in [3.8, 4) is 0 Å². The first-order chi connectivity index (χ1) is 9.52. The van der Waals surface area contributed by atoms with E-state index in [0.717, 1.165) is 16.2 Å². The van der Waals surface area contributed by atoms with Crippen LogP contribution in [0.2, 0.25) is 0 Å². The molecule has 3 aliphatic rings. The number of carbonyl (C=O) groups is 4. The first-order valence-corrected chi connectivity index (χ1v) is 6.67. The van der Waals surface area contributed by atoms with Crippen LogP contribution < -0.4 is 5.32 Å². The highest BCUT2D eigenvalue weighted by Gasteiger charge is 2.47. The van der Waals surface area contributed by atoms with Crippen LogP contribution in [0.1, 0.15) is 25.7 Å². The van der Waals surface area contributed by atoms with Crippen molar-refractivity contribution in [3.05, 3.63) is 11.3 Å². The molecule has 20 heavy (non-hydrogen) atoms. The second kappa shape index (κ2) is 4.43. The number of carbonyl (C=O) groups excluding carboxylic acids is 4. The summed E-state index contributed by atoms with van der Waals surface area (Å²) < 4.78 is 0. The van der Waals surface area contributed by atoms with E-state index in [0.29, 0.717) is 24.2 Å². The van der Waals surface area contributed by atoms with E-state index in [4.69, 9.17) is 0 Å². The minimum Gasteiger partial charge on any atom is -0.380 e. The Morgan fingerprint density at radius 1 is 1.10 bits per heavy atom. The highest BCUT2D eigenvalue weighted by Crippen LogP contribution is 2.30. The number of likely N-dealkylation sites (tertiary alicyclic amines) is 1. The standard InChI is InChI=1S/C13H15N3O4/c1-15-9(17)5-4-8(12(15)19)16-11(18)7-3-2-6-14-10(7)13(16)20/h8,14H,2-6H2,1H3. The molecule has 7 nitrogen and oxygen atoms in total. The summed E-state index contributed by atoms with van der Waals surface area (Å²) in [6.45, 7) is 0.655. The Balaban J connectivity index is 1.89. The van der Waals surface area contributed by atoms with Crippen molar-refractivity contribution >= 4 is 23.6 Å². The maximum absolute atomic E-state index is 12.3. The molecule has 7 heteroatoms. The Kier molecular flexibility index (Phi) is 2.84. The quantitative estimate of drug-likeness (QED) is 0.630. The summed E-state index contributed by atoms with van der Waals surface area (Å²) >= 11 is 0. The largest absolute Gasteiger partial charge is 0.380 e. The molecular weight excluding hydrogens is 262 g/mol. The topological polar surface area (TPSA) is 86.8 Å². The van der Waals surface area contributed by atoms with Crippen LogP contribution in [0.25, 0.3) is 0 Å². The van der Waals surface area contributed by atoms with Crippen molar-refractivity contribution in [2.24, 2.45) is 0 Å². The summed E-state index contributed by atoms with van der Waals surface area (Å²) in [6, 6.07) is -0.856. The highest BCUT2D eigenvalue weighted by atomic mass is 16.2. The zero-order chi connectivity index (χ0) is 14.4. The van der Waals surface area contributed by atoms with Gasteiger partial charge in [0.1, 0.15) is 11.7 Å². The highest BCUT2D eigenvalue weighted by molar-refractivity contribution is 6.21. The van der Waals surface area contributed by atoms with Crippen molar-refractivity contribution in [1.29, 1.82) is 0 Å². The second-order valence-corrected chi connectivity index (χ2v) is 5.21.